The van der Waals surface area contributed by atoms with Crippen LogP contribution in [0.2, 0.25) is 0 Å². The third-order valence-corrected chi connectivity index (χ3v) is 8.72. The summed E-state index contributed by atoms with van der Waals surface area (Å²) in [6.45, 7) is 2.81. The zero-order chi connectivity index (χ0) is 24.7. The van der Waals surface area contributed by atoms with Gasteiger partial charge in [-0.3, -0.25) is 9.59 Å². The first-order chi connectivity index (χ1) is 16.8. The number of pyridine rings is 1. The van der Waals surface area contributed by atoms with Gasteiger partial charge in [0, 0.05) is 48.6 Å². The fraction of sp³-hybridized carbons (Fsp3) is 0.308. The highest BCUT2D eigenvalue weighted by Gasteiger charge is 2.40. The number of piperidine rings is 1. The van der Waals surface area contributed by atoms with Crippen molar-refractivity contribution in [3.63, 3.8) is 0 Å². The molecule has 1 fully saturated rings. The van der Waals surface area contributed by atoms with Gasteiger partial charge < -0.3 is 9.88 Å². The van der Waals surface area contributed by atoms with Crippen molar-refractivity contribution in [2.75, 3.05) is 18.4 Å². The molecule has 1 saturated heterocycles. The summed E-state index contributed by atoms with van der Waals surface area (Å²) in [5.41, 5.74) is 2.45. The third kappa shape index (κ3) is 4.41. The number of anilines is 1. The van der Waals surface area contributed by atoms with Crippen LogP contribution in [0.25, 0.3) is 0 Å². The molecule has 2 aliphatic heterocycles. The zero-order valence-corrected chi connectivity index (χ0v) is 20.1. The molecule has 0 spiro atoms. The molecule has 2 aliphatic rings. The Hall–Kier alpha value is -3.30. The van der Waals surface area contributed by atoms with Crippen molar-refractivity contribution in [3.8, 4) is 0 Å². The number of rotatable bonds is 5. The molecule has 2 bridgehead atoms. The van der Waals surface area contributed by atoms with E-state index in [-0.39, 0.29) is 36.0 Å². The Bertz CT molecular complexity index is 1450. The smallest absolute Gasteiger partial charge is 0.255 e. The highest BCUT2D eigenvalue weighted by molar-refractivity contribution is 7.89. The number of aryl methyl sites for hydroxylation is 1. The number of carbonyl (C=O) groups is 1. The van der Waals surface area contributed by atoms with Crippen LogP contribution in [0.15, 0.2) is 70.4 Å². The maximum atomic E-state index is 14.8. The van der Waals surface area contributed by atoms with Gasteiger partial charge in [-0.2, -0.15) is 4.31 Å². The second-order valence-corrected chi connectivity index (χ2v) is 11.1. The molecular weight excluding hydrogens is 469 g/mol. The molecule has 2 aromatic carbocycles. The highest BCUT2D eigenvalue weighted by atomic mass is 32.2. The molecule has 35 heavy (non-hydrogen) atoms. The maximum absolute atomic E-state index is 14.8. The van der Waals surface area contributed by atoms with E-state index in [1.54, 1.807) is 22.8 Å². The van der Waals surface area contributed by atoms with Crippen LogP contribution in [0.5, 0.6) is 0 Å². The number of benzene rings is 2. The van der Waals surface area contributed by atoms with Gasteiger partial charge in [0.1, 0.15) is 10.7 Å². The summed E-state index contributed by atoms with van der Waals surface area (Å²) in [7, 11) is -4.19. The van der Waals surface area contributed by atoms with Crippen molar-refractivity contribution in [3.05, 3.63) is 93.7 Å². The van der Waals surface area contributed by atoms with Gasteiger partial charge in [-0.15, -0.1) is 0 Å². The average Bonchev–Trinajstić information content (AvgIpc) is 2.85. The number of nitrogens with one attached hydrogen (secondary N) is 1. The standard InChI is InChI=1S/C26H26FN3O4S/c1-2-17-6-9-21(10-7-17)28-26(32)19-8-11-22(27)24(13-19)35(33,34)29-14-18-12-20(16-29)23-4-3-5-25(31)30(23)15-18/h3-11,13,18,20H,2,12,14-16H2,1H3,(H,28,32)/t18-,20+/m1/s1. The number of amides is 1. The van der Waals surface area contributed by atoms with Gasteiger partial charge in [-0.1, -0.05) is 25.1 Å². The molecule has 0 aliphatic carbocycles. The largest absolute Gasteiger partial charge is 0.322 e. The van der Waals surface area contributed by atoms with Crippen molar-refractivity contribution < 1.29 is 17.6 Å². The van der Waals surface area contributed by atoms with Crippen LogP contribution < -0.4 is 10.9 Å². The molecule has 1 amide bonds. The molecule has 1 N–H and O–H groups in total. The molecule has 3 heterocycles. The number of halogens is 1. The summed E-state index contributed by atoms with van der Waals surface area (Å²) in [6.07, 6.45) is 1.64. The predicted octanol–water partition coefficient (Wildman–Crippen LogP) is 3.61. The first-order valence-corrected chi connectivity index (χ1v) is 13.1. The summed E-state index contributed by atoms with van der Waals surface area (Å²) in [4.78, 5) is 24.5. The van der Waals surface area contributed by atoms with E-state index < -0.39 is 26.6 Å². The zero-order valence-electron chi connectivity index (χ0n) is 19.3. The van der Waals surface area contributed by atoms with Crippen molar-refractivity contribution in [1.82, 2.24) is 8.87 Å². The number of sulfonamides is 1. The summed E-state index contributed by atoms with van der Waals surface area (Å²) in [5, 5.41) is 2.73. The monoisotopic (exact) mass is 495 g/mol. The Kier molecular flexibility index (Phi) is 6.06. The van der Waals surface area contributed by atoms with E-state index >= 15 is 0 Å². The number of hydrogen-bond donors (Lipinski definition) is 1. The van der Waals surface area contributed by atoms with Gasteiger partial charge in [0.2, 0.25) is 10.0 Å². The molecule has 7 nitrogen and oxygen atoms in total. The van der Waals surface area contributed by atoms with E-state index in [0.717, 1.165) is 36.2 Å². The van der Waals surface area contributed by atoms with Gasteiger partial charge in [0.25, 0.3) is 11.5 Å². The first-order valence-electron chi connectivity index (χ1n) is 11.7. The lowest BCUT2D eigenvalue weighted by Crippen LogP contribution is -2.49. The van der Waals surface area contributed by atoms with E-state index in [1.165, 1.54) is 16.4 Å². The van der Waals surface area contributed by atoms with Crippen LogP contribution in [-0.2, 0) is 23.0 Å². The Morgan fingerprint density at radius 2 is 1.83 bits per heavy atom. The molecule has 3 aromatic rings. The van der Waals surface area contributed by atoms with Crippen molar-refractivity contribution in [2.45, 2.75) is 37.1 Å². The van der Waals surface area contributed by atoms with Crippen LogP contribution in [0.1, 0.15) is 40.9 Å². The van der Waals surface area contributed by atoms with E-state index in [0.29, 0.717) is 12.2 Å². The number of carbonyl (C=O) groups excluding carboxylic acids is 1. The minimum absolute atomic E-state index is 0.0447. The summed E-state index contributed by atoms with van der Waals surface area (Å²) in [6, 6.07) is 15.8. The Balaban J connectivity index is 1.41. The Morgan fingerprint density at radius 1 is 1.06 bits per heavy atom. The van der Waals surface area contributed by atoms with Crippen LogP contribution >= 0.6 is 0 Å². The first kappa shape index (κ1) is 23.4. The molecule has 182 valence electrons. The molecule has 5 rings (SSSR count). The van der Waals surface area contributed by atoms with Crippen LogP contribution in [0.4, 0.5) is 10.1 Å². The molecule has 0 unspecified atom stereocenters. The lowest BCUT2D eigenvalue weighted by molar-refractivity contribution is 0.102. The Labute approximate surface area is 203 Å². The molecule has 9 heteroatoms. The minimum atomic E-state index is -4.19. The number of aromatic nitrogens is 1. The number of fused-ring (bicyclic) bond motifs is 4. The van der Waals surface area contributed by atoms with Gasteiger partial charge in [-0.25, -0.2) is 12.8 Å². The van der Waals surface area contributed by atoms with Crippen LogP contribution in [0.3, 0.4) is 0 Å². The highest BCUT2D eigenvalue weighted by Crippen LogP contribution is 2.37. The quantitative estimate of drug-likeness (QED) is 0.586. The van der Waals surface area contributed by atoms with Gasteiger partial charge >= 0.3 is 0 Å². The van der Waals surface area contributed by atoms with E-state index in [1.807, 2.05) is 25.1 Å². The fourth-order valence-electron chi connectivity index (χ4n) is 5.06. The second-order valence-electron chi connectivity index (χ2n) is 9.17. The molecule has 0 radical (unpaired) electrons. The van der Waals surface area contributed by atoms with Gasteiger partial charge in [0.15, 0.2) is 0 Å². The maximum Gasteiger partial charge on any atom is 0.255 e. The SMILES string of the molecule is CCc1ccc(NC(=O)c2ccc(F)c(S(=O)(=O)N3C[C@H]4C[C@@H](C3)c3cccc(=O)n3C4)c2)cc1. The molecule has 1 aromatic heterocycles. The van der Waals surface area contributed by atoms with Crippen molar-refractivity contribution in [1.29, 1.82) is 0 Å². The van der Waals surface area contributed by atoms with E-state index in [4.69, 9.17) is 0 Å². The lowest BCUT2D eigenvalue weighted by Gasteiger charge is -2.42. The van der Waals surface area contributed by atoms with Crippen LogP contribution in [0, 0.1) is 11.7 Å². The van der Waals surface area contributed by atoms with E-state index in [9.17, 15) is 22.4 Å². The topological polar surface area (TPSA) is 88.5 Å². The molecule has 2 atom stereocenters. The molecule has 0 saturated carbocycles. The number of nitrogens with zero attached hydrogens (tertiary/aromatic N) is 2. The van der Waals surface area contributed by atoms with Crippen LogP contribution in [-0.4, -0.2) is 36.3 Å². The minimum Gasteiger partial charge on any atom is -0.322 e. The molecular formula is C26H26FN3O4S. The fourth-order valence-corrected chi connectivity index (χ4v) is 6.71. The average molecular weight is 496 g/mol. The van der Waals surface area contributed by atoms with Gasteiger partial charge in [-0.05, 0) is 60.7 Å². The lowest BCUT2D eigenvalue weighted by atomic mass is 9.84. The van der Waals surface area contributed by atoms with E-state index in [2.05, 4.69) is 5.32 Å². The Morgan fingerprint density at radius 3 is 2.57 bits per heavy atom. The number of hydrogen-bond acceptors (Lipinski definition) is 4. The van der Waals surface area contributed by atoms with Crippen molar-refractivity contribution >= 4 is 21.6 Å². The summed E-state index contributed by atoms with van der Waals surface area (Å²) >= 11 is 0. The second kappa shape index (κ2) is 9.05. The predicted molar refractivity (Wildman–Crippen MR) is 130 cm³/mol. The summed E-state index contributed by atoms with van der Waals surface area (Å²) < 4.78 is 44.8. The normalized spacial score (nSPS) is 19.7. The third-order valence-electron chi connectivity index (χ3n) is 6.88. The van der Waals surface area contributed by atoms with Gasteiger partial charge in [0.05, 0.1) is 0 Å². The van der Waals surface area contributed by atoms with Crippen molar-refractivity contribution in [2.24, 2.45) is 5.92 Å². The summed E-state index contributed by atoms with van der Waals surface area (Å²) in [5.74, 6) is -1.61.